The normalized spacial score (nSPS) is 11.0. The van der Waals surface area contributed by atoms with Crippen molar-refractivity contribution < 1.29 is 0 Å². The van der Waals surface area contributed by atoms with Crippen molar-refractivity contribution in [3.63, 3.8) is 0 Å². The Bertz CT molecular complexity index is 930. The zero-order valence-corrected chi connectivity index (χ0v) is 15.0. The van der Waals surface area contributed by atoms with Crippen LogP contribution in [0.1, 0.15) is 22.3 Å². The Kier molecular flexibility index (Phi) is 5.56. The molecule has 0 heterocycles. The number of hydrogen-bond donors (Lipinski definition) is 2. The smallest absolute Gasteiger partial charge is 0.184 e. The van der Waals surface area contributed by atoms with E-state index in [9.17, 15) is 0 Å². The summed E-state index contributed by atoms with van der Waals surface area (Å²) in [5, 5.41) is 4.51. The monoisotopic (exact) mass is 357 g/mol. The second kappa shape index (κ2) is 8.23. The third kappa shape index (κ3) is 4.23. The molecule has 0 fully saturated rings. The van der Waals surface area contributed by atoms with Gasteiger partial charge in [-0.1, -0.05) is 91.5 Å². The number of nitrogens with one attached hydrogen (secondary N) is 1. The lowest BCUT2D eigenvalue weighted by molar-refractivity contribution is 1.03. The van der Waals surface area contributed by atoms with Crippen molar-refractivity contribution in [3.8, 4) is 0 Å². The van der Waals surface area contributed by atoms with Gasteiger partial charge < -0.3 is 5.73 Å². The van der Waals surface area contributed by atoms with Crippen LogP contribution >= 0.6 is 12.2 Å². The van der Waals surface area contributed by atoms with E-state index in [4.69, 9.17) is 18.0 Å². The summed E-state index contributed by atoms with van der Waals surface area (Å²) in [6.07, 6.45) is 0. The Balaban J connectivity index is 1.92. The maximum Gasteiger partial charge on any atom is 0.184 e. The maximum atomic E-state index is 5.53. The van der Waals surface area contributed by atoms with Gasteiger partial charge in [0.05, 0.1) is 5.71 Å². The van der Waals surface area contributed by atoms with Gasteiger partial charge in [-0.25, -0.2) is 0 Å². The molecule has 0 saturated heterocycles. The number of nitrogens with two attached hydrogens (primary N) is 1. The highest BCUT2D eigenvalue weighted by molar-refractivity contribution is 7.80. The zero-order chi connectivity index (χ0) is 18.4. The highest BCUT2D eigenvalue weighted by Gasteiger charge is 2.09. The van der Waals surface area contributed by atoms with Crippen LogP contribution in [0.15, 0.2) is 96.6 Å². The summed E-state index contributed by atoms with van der Waals surface area (Å²) in [7, 11) is 0. The molecule has 0 saturated carbocycles. The van der Waals surface area contributed by atoms with Crippen molar-refractivity contribution in [1.29, 1.82) is 0 Å². The molecule has 0 atom stereocenters. The summed E-state index contributed by atoms with van der Waals surface area (Å²) in [4.78, 5) is 0. The third-order valence-corrected chi connectivity index (χ3v) is 4.05. The summed E-state index contributed by atoms with van der Waals surface area (Å²) in [6.45, 7) is 4.21. The summed E-state index contributed by atoms with van der Waals surface area (Å²) in [5.41, 5.74) is 14.1. The first kappa shape index (κ1) is 17.6. The summed E-state index contributed by atoms with van der Waals surface area (Å²) < 4.78 is 0. The topological polar surface area (TPSA) is 50.4 Å². The molecule has 0 aromatic heterocycles. The molecule has 3 nitrogen and oxygen atoms in total. The first-order valence-corrected chi connectivity index (χ1v) is 8.59. The molecule has 0 amide bonds. The van der Waals surface area contributed by atoms with Crippen LogP contribution in [0.5, 0.6) is 0 Å². The van der Waals surface area contributed by atoms with Gasteiger partial charge in [0.25, 0.3) is 0 Å². The molecule has 0 unspecified atom stereocenters. The van der Waals surface area contributed by atoms with Crippen molar-refractivity contribution in [2.75, 3.05) is 0 Å². The zero-order valence-electron chi connectivity index (χ0n) is 14.2. The first-order chi connectivity index (χ1) is 12.6. The fourth-order valence-electron chi connectivity index (χ4n) is 2.64. The molecule has 128 valence electrons. The number of thiocarbonyl (C=S) groups is 1. The van der Waals surface area contributed by atoms with Crippen molar-refractivity contribution in [2.45, 2.75) is 0 Å². The Hall–Kier alpha value is -3.24. The maximum absolute atomic E-state index is 5.53. The molecular weight excluding hydrogens is 338 g/mol. The van der Waals surface area contributed by atoms with Gasteiger partial charge in [-0.2, -0.15) is 5.10 Å². The van der Waals surface area contributed by atoms with Gasteiger partial charge in [-0.3, -0.25) is 5.43 Å². The highest BCUT2D eigenvalue weighted by Crippen LogP contribution is 2.22. The van der Waals surface area contributed by atoms with Gasteiger partial charge >= 0.3 is 0 Å². The Labute approximate surface area is 158 Å². The summed E-state index contributed by atoms with van der Waals surface area (Å²) in [6, 6.07) is 28.2. The van der Waals surface area contributed by atoms with Crippen molar-refractivity contribution in [3.05, 3.63) is 114 Å². The number of hydrazone groups is 1. The average molecular weight is 357 g/mol. The van der Waals surface area contributed by atoms with E-state index in [1.807, 2.05) is 72.8 Å². The van der Waals surface area contributed by atoms with Crippen LogP contribution in [0, 0.1) is 0 Å². The lowest BCUT2D eigenvalue weighted by Gasteiger charge is -2.10. The molecule has 4 heteroatoms. The lowest BCUT2D eigenvalue weighted by Crippen LogP contribution is -2.26. The molecule has 3 N–H and O–H groups in total. The van der Waals surface area contributed by atoms with E-state index in [0.717, 1.165) is 33.5 Å². The minimum Gasteiger partial charge on any atom is -0.375 e. The standard InChI is InChI=1S/C22H19N3S/c1-16(17-8-4-2-5-9-17)18-12-14-20(15-13-18)21(24-25-22(23)26)19-10-6-3-7-11-19/h2-15H,1H2,(H3,23,25,26). The van der Waals surface area contributed by atoms with Crippen LogP contribution < -0.4 is 11.2 Å². The molecule has 0 aliphatic carbocycles. The number of rotatable bonds is 5. The van der Waals surface area contributed by atoms with Gasteiger partial charge in [0, 0.05) is 11.1 Å². The van der Waals surface area contributed by atoms with Crippen LogP contribution in [-0.4, -0.2) is 10.8 Å². The van der Waals surface area contributed by atoms with Crippen LogP contribution in [0.25, 0.3) is 5.57 Å². The molecule has 0 aliphatic rings. The molecule has 0 spiro atoms. The van der Waals surface area contributed by atoms with Crippen molar-refractivity contribution in [1.82, 2.24) is 5.43 Å². The average Bonchev–Trinajstić information content (AvgIpc) is 2.69. The SMILES string of the molecule is C=C(c1ccccc1)c1ccc(C(=NNC(N)=S)c2ccccc2)cc1. The minimum atomic E-state index is 0.132. The van der Waals surface area contributed by atoms with Gasteiger partial charge in [-0.15, -0.1) is 0 Å². The molecule has 3 rings (SSSR count). The quantitative estimate of drug-likeness (QED) is 0.406. The number of nitrogens with zero attached hydrogens (tertiary/aromatic N) is 1. The molecule has 0 radical (unpaired) electrons. The number of benzene rings is 3. The van der Waals surface area contributed by atoms with E-state index in [-0.39, 0.29) is 5.11 Å². The predicted octanol–water partition coefficient (Wildman–Crippen LogP) is 4.33. The third-order valence-electron chi connectivity index (χ3n) is 3.95. The molecule has 3 aromatic carbocycles. The highest BCUT2D eigenvalue weighted by atomic mass is 32.1. The fraction of sp³-hybridized carbons (Fsp3) is 0. The fourth-order valence-corrected chi connectivity index (χ4v) is 2.68. The molecule has 0 bridgehead atoms. The van der Waals surface area contributed by atoms with Crippen LogP contribution in [0.3, 0.4) is 0 Å². The summed E-state index contributed by atoms with van der Waals surface area (Å²) in [5.74, 6) is 0. The molecule has 0 aliphatic heterocycles. The number of hydrogen-bond acceptors (Lipinski definition) is 2. The minimum absolute atomic E-state index is 0.132. The van der Waals surface area contributed by atoms with E-state index >= 15 is 0 Å². The van der Waals surface area contributed by atoms with E-state index in [1.54, 1.807) is 0 Å². The second-order valence-corrected chi connectivity index (χ2v) is 6.16. The van der Waals surface area contributed by atoms with E-state index < -0.39 is 0 Å². The lowest BCUT2D eigenvalue weighted by atomic mass is 9.96. The van der Waals surface area contributed by atoms with Crippen LogP contribution in [0.4, 0.5) is 0 Å². The molecule has 26 heavy (non-hydrogen) atoms. The van der Waals surface area contributed by atoms with Crippen LogP contribution in [0.2, 0.25) is 0 Å². The Morgan fingerprint density at radius 1 is 0.731 bits per heavy atom. The Morgan fingerprint density at radius 3 is 1.69 bits per heavy atom. The second-order valence-electron chi connectivity index (χ2n) is 5.72. The van der Waals surface area contributed by atoms with Crippen molar-refractivity contribution >= 4 is 28.6 Å². The first-order valence-electron chi connectivity index (χ1n) is 8.19. The van der Waals surface area contributed by atoms with E-state index in [0.29, 0.717) is 0 Å². The van der Waals surface area contributed by atoms with Gasteiger partial charge in [0.2, 0.25) is 0 Å². The van der Waals surface area contributed by atoms with Gasteiger partial charge in [0.1, 0.15) is 0 Å². The summed E-state index contributed by atoms with van der Waals surface area (Å²) >= 11 is 4.87. The van der Waals surface area contributed by atoms with Crippen molar-refractivity contribution in [2.24, 2.45) is 10.8 Å². The van der Waals surface area contributed by atoms with E-state index in [1.165, 1.54) is 0 Å². The molecule has 3 aromatic rings. The predicted molar refractivity (Wildman–Crippen MR) is 113 cm³/mol. The van der Waals surface area contributed by atoms with E-state index in [2.05, 4.69) is 29.2 Å². The largest absolute Gasteiger partial charge is 0.375 e. The molecular formula is C22H19N3S. The van der Waals surface area contributed by atoms with Crippen LogP contribution in [-0.2, 0) is 0 Å². The Morgan fingerprint density at radius 2 is 1.15 bits per heavy atom. The van der Waals surface area contributed by atoms with Gasteiger partial charge in [-0.05, 0) is 28.9 Å². The van der Waals surface area contributed by atoms with Gasteiger partial charge in [0.15, 0.2) is 5.11 Å².